The fourth-order valence-electron chi connectivity index (χ4n) is 3.41. The third kappa shape index (κ3) is 2.46. The fraction of sp³-hybridized carbons (Fsp3) is 0.600. The van der Waals surface area contributed by atoms with Crippen molar-refractivity contribution in [2.24, 2.45) is 5.92 Å². The third-order valence-electron chi connectivity index (χ3n) is 4.60. The van der Waals surface area contributed by atoms with Crippen LogP contribution in [-0.4, -0.2) is 40.9 Å². The molecular formula is C15H21N5S. The van der Waals surface area contributed by atoms with Crippen molar-refractivity contribution in [3.05, 3.63) is 17.0 Å². The molecule has 2 fully saturated rings. The average Bonchev–Trinajstić information content (AvgIpc) is 3.24. The Labute approximate surface area is 128 Å². The Balaban J connectivity index is 1.52. The molecule has 0 aliphatic carbocycles. The van der Waals surface area contributed by atoms with E-state index in [-0.39, 0.29) is 0 Å². The van der Waals surface area contributed by atoms with Crippen molar-refractivity contribution in [2.45, 2.75) is 32.2 Å². The minimum Gasteiger partial charge on any atom is -0.338 e. The first-order chi connectivity index (χ1) is 10.3. The maximum absolute atomic E-state index is 4.71. The second-order valence-corrected chi connectivity index (χ2v) is 7.14. The normalized spacial score (nSPS) is 25.3. The van der Waals surface area contributed by atoms with Crippen molar-refractivity contribution in [2.75, 3.05) is 24.5 Å². The highest BCUT2D eigenvalue weighted by Gasteiger charge is 2.35. The number of rotatable bonds is 3. The average molecular weight is 303 g/mol. The van der Waals surface area contributed by atoms with E-state index in [1.54, 1.807) is 11.3 Å². The van der Waals surface area contributed by atoms with Gasteiger partial charge in [0.2, 0.25) is 5.95 Å². The summed E-state index contributed by atoms with van der Waals surface area (Å²) >= 11 is 1.80. The minimum atomic E-state index is 0.620. The number of nitrogens with zero attached hydrogens (tertiary/aromatic N) is 3. The maximum Gasteiger partial charge on any atom is 0.245 e. The van der Waals surface area contributed by atoms with Crippen molar-refractivity contribution in [1.29, 1.82) is 0 Å². The monoisotopic (exact) mass is 303 g/mol. The summed E-state index contributed by atoms with van der Waals surface area (Å²) in [6.45, 7) is 5.45. The van der Waals surface area contributed by atoms with Crippen LogP contribution in [0.3, 0.4) is 0 Å². The van der Waals surface area contributed by atoms with Crippen LogP contribution in [0, 0.1) is 5.92 Å². The van der Waals surface area contributed by atoms with Gasteiger partial charge in [-0.2, -0.15) is 4.98 Å². The minimum absolute atomic E-state index is 0.620. The Kier molecular flexibility index (Phi) is 3.43. The number of anilines is 1. The molecule has 2 aliphatic rings. The summed E-state index contributed by atoms with van der Waals surface area (Å²) in [7, 11) is 0. The van der Waals surface area contributed by atoms with Gasteiger partial charge in [0.1, 0.15) is 0 Å². The van der Waals surface area contributed by atoms with Gasteiger partial charge in [0.25, 0.3) is 0 Å². The number of aromatic nitrogens is 3. The van der Waals surface area contributed by atoms with Gasteiger partial charge in [-0.3, -0.25) is 5.10 Å². The number of nitrogens with one attached hydrogen (secondary N) is 2. The van der Waals surface area contributed by atoms with Crippen LogP contribution in [0.25, 0.3) is 10.7 Å². The lowest BCUT2D eigenvalue weighted by molar-refractivity contribution is 0.340. The van der Waals surface area contributed by atoms with Crippen LogP contribution in [0.5, 0.6) is 0 Å². The van der Waals surface area contributed by atoms with Crippen molar-refractivity contribution in [3.63, 3.8) is 0 Å². The Bertz CT molecular complexity index is 605. The molecule has 2 aromatic heterocycles. The van der Waals surface area contributed by atoms with Gasteiger partial charge in [-0.25, -0.2) is 0 Å². The lowest BCUT2D eigenvalue weighted by Crippen LogP contribution is -2.40. The highest BCUT2D eigenvalue weighted by atomic mass is 32.1. The molecule has 4 rings (SSSR count). The zero-order chi connectivity index (χ0) is 14.2. The van der Waals surface area contributed by atoms with Crippen LogP contribution >= 0.6 is 11.3 Å². The zero-order valence-corrected chi connectivity index (χ0v) is 13.1. The molecule has 112 valence electrons. The number of thiophene rings is 1. The molecule has 6 heteroatoms. The summed E-state index contributed by atoms with van der Waals surface area (Å²) in [6.07, 6.45) is 3.70. The Hall–Kier alpha value is -1.40. The van der Waals surface area contributed by atoms with Crippen molar-refractivity contribution >= 4 is 17.3 Å². The Morgan fingerprint density at radius 3 is 3.14 bits per heavy atom. The van der Waals surface area contributed by atoms with Crippen LogP contribution in [0.15, 0.2) is 12.1 Å². The number of piperidine rings is 1. The van der Waals surface area contributed by atoms with Crippen LogP contribution in [0.4, 0.5) is 5.95 Å². The Morgan fingerprint density at radius 2 is 2.33 bits per heavy atom. The van der Waals surface area contributed by atoms with E-state index in [2.05, 4.69) is 39.5 Å². The third-order valence-corrected chi connectivity index (χ3v) is 5.84. The lowest BCUT2D eigenvalue weighted by Gasteiger charge is -2.24. The van der Waals surface area contributed by atoms with Gasteiger partial charge >= 0.3 is 0 Å². The predicted octanol–water partition coefficient (Wildman–Crippen LogP) is 2.28. The molecule has 0 bridgehead atoms. The molecule has 21 heavy (non-hydrogen) atoms. The van der Waals surface area contributed by atoms with E-state index in [0.29, 0.717) is 6.04 Å². The van der Waals surface area contributed by atoms with E-state index in [0.717, 1.165) is 43.7 Å². The second kappa shape index (κ2) is 5.42. The fourth-order valence-corrected chi connectivity index (χ4v) is 4.30. The standard InChI is InChI=1S/C15H21N5S/c1-2-11-5-6-13(21-11)14-17-15(19-18-14)20-8-10-4-3-7-16-12(10)9-20/h5-6,10,12,16H,2-4,7-9H2,1H3,(H,17,18,19). The van der Waals surface area contributed by atoms with Gasteiger partial charge in [0, 0.05) is 24.0 Å². The van der Waals surface area contributed by atoms with Gasteiger partial charge in [0.15, 0.2) is 5.82 Å². The lowest BCUT2D eigenvalue weighted by atomic mass is 9.94. The second-order valence-electron chi connectivity index (χ2n) is 5.97. The van der Waals surface area contributed by atoms with E-state index < -0.39 is 0 Å². The van der Waals surface area contributed by atoms with Gasteiger partial charge in [0.05, 0.1) is 4.88 Å². The summed E-state index contributed by atoms with van der Waals surface area (Å²) in [5, 5.41) is 11.2. The molecule has 5 nitrogen and oxygen atoms in total. The number of fused-ring (bicyclic) bond motifs is 1. The summed E-state index contributed by atoms with van der Waals surface area (Å²) in [5.41, 5.74) is 0. The molecule has 0 amide bonds. The zero-order valence-electron chi connectivity index (χ0n) is 12.3. The smallest absolute Gasteiger partial charge is 0.245 e. The van der Waals surface area contributed by atoms with E-state index in [1.165, 1.54) is 22.6 Å². The SMILES string of the molecule is CCc1ccc(-c2nc(N3CC4CCCNC4C3)n[nH]2)s1. The summed E-state index contributed by atoms with van der Waals surface area (Å²) in [5.74, 6) is 2.51. The molecule has 2 N–H and O–H groups in total. The highest BCUT2D eigenvalue weighted by molar-refractivity contribution is 7.15. The topological polar surface area (TPSA) is 56.8 Å². The number of aromatic amines is 1. The van der Waals surface area contributed by atoms with E-state index in [1.807, 2.05) is 0 Å². The van der Waals surface area contributed by atoms with E-state index >= 15 is 0 Å². The van der Waals surface area contributed by atoms with Gasteiger partial charge in [-0.05, 0) is 43.9 Å². The number of H-pyrrole nitrogens is 1. The number of aryl methyl sites for hydroxylation is 1. The molecule has 0 aromatic carbocycles. The molecule has 2 aromatic rings. The van der Waals surface area contributed by atoms with Gasteiger partial charge in [-0.1, -0.05) is 6.92 Å². The molecular weight excluding hydrogens is 282 g/mol. The predicted molar refractivity (Wildman–Crippen MR) is 85.8 cm³/mol. The number of hydrogen-bond donors (Lipinski definition) is 2. The number of hydrogen-bond acceptors (Lipinski definition) is 5. The van der Waals surface area contributed by atoms with Crippen molar-refractivity contribution < 1.29 is 0 Å². The first-order valence-corrected chi connectivity index (χ1v) is 8.65. The van der Waals surface area contributed by atoms with Crippen LogP contribution in [0.1, 0.15) is 24.6 Å². The molecule has 2 unspecified atom stereocenters. The summed E-state index contributed by atoms with van der Waals surface area (Å²) in [6, 6.07) is 4.93. The largest absolute Gasteiger partial charge is 0.338 e. The van der Waals surface area contributed by atoms with Crippen LogP contribution in [0.2, 0.25) is 0 Å². The quantitative estimate of drug-likeness (QED) is 0.913. The molecule has 0 saturated carbocycles. The Morgan fingerprint density at radius 1 is 1.38 bits per heavy atom. The molecule has 2 atom stereocenters. The molecule has 0 spiro atoms. The van der Waals surface area contributed by atoms with E-state index in [4.69, 9.17) is 4.98 Å². The van der Waals surface area contributed by atoms with Gasteiger partial charge < -0.3 is 10.2 Å². The first kappa shape index (κ1) is 13.3. The van der Waals surface area contributed by atoms with Crippen molar-refractivity contribution in [3.8, 4) is 10.7 Å². The first-order valence-electron chi connectivity index (χ1n) is 7.83. The summed E-state index contributed by atoms with van der Waals surface area (Å²) < 4.78 is 0. The van der Waals surface area contributed by atoms with Crippen LogP contribution < -0.4 is 10.2 Å². The molecule has 4 heterocycles. The maximum atomic E-state index is 4.71. The molecule has 0 radical (unpaired) electrons. The summed E-state index contributed by atoms with van der Waals surface area (Å²) in [4.78, 5) is 9.60. The highest BCUT2D eigenvalue weighted by Crippen LogP contribution is 2.30. The molecule has 2 saturated heterocycles. The van der Waals surface area contributed by atoms with Crippen LogP contribution in [-0.2, 0) is 6.42 Å². The van der Waals surface area contributed by atoms with E-state index in [9.17, 15) is 0 Å². The molecule has 2 aliphatic heterocycles. The van der Waals surface area contributed by atoms with Crippen molar-refractivity contribution in [1.82, 2.24) is 20.5 Å². The van der Waals surface area contributed by atoms with Gasteiger partial charge in [-0.15, -0.1) is 16.4 Å².